The number of amides is 1. The molecule has 0 saturated heterocycles. The quantitative estimate of drug-likeness (QED) is 0.640. The summed E-state index contributed by atoms with van der Waals surface area (Å²) >= 11 is 0. The van der Waals surface area contributed by atoms with Gasteiger partial charge in [-0.15, -0.1) is 0 Å². The van der Waals surface area contributed by atoms with Crippen molar-refractivity contribution in [3.8, 4) is 0 Å². The first-order valence-electron chi connectivity index (χ1n) is 4.59. The molecule has 1 N–H and O–H groups in total. The van der Waals surface area contributed by atoms with Crippen molar-refractivity contribution in [2.75, 3.05) is 0 Å². The van der Waals surface area contributed by atoms with Crippen LogP contribution in [0, 0.1) is 0 Å². The van der Waals surface area contributed by atoms with Gasteiger partial charge in [-0.05, 0) is 33.1 Å². The standard InChI is InChI=1S/C10H17NO/c1-4-8(5-2)9(12)11-10(3)6-7-10/h4H,5-7H2,1-3H3,(H,11,12)/b8-4+. The summed E-state index contributed by atoms with van der Waals surface area (Å²) in [5.41, 5.74) is 1.00. The second-order valence-electron chi connectivity index (χ2n) is 3.68. The Morgan fingerprint density at radius 2 is 2.17 bits per heavy atom. The van der Waals surface area contributed by atoms with Gasteiger partial charge in [0.05, 0.1) is 0 Å². The fraction of sp³-hybridized carbons (Fsp3) is 0.700. The molecular weight excluding hydrogens is 150 g/mol. The molecule has 0 aromatic carbocycles. The monoisotopic (exact) mass is 167 g/mol. The van der Waals surface area contributed by atoms with Crippen molar-refractivity contribution in [3.05, 3.63) is 11.6 Å². The van der Waals surface area contributed by atoms with Gasteiger partial charge in [-0.1, -0.05) is 13.0 Å². The first-order chi connectivity index (χ1) is 5.61. The summed E-state index contributed by atoms with van der Waals surface area (Å²) < 4.78 is 0. The Morgan fingerprint density at radius 3 is 2.50 bits per heavy atom. The number of carbonyl (C=O) groups is 1. The van der Waals surface area contributed by atoms with Crippen LogP contribution in [0.5, 0.6) is 0 Å². The molecule has 68 valence electrons. The number of hydrogen-bond donors (Lipinski definition) is 1. The number of carbonyl (C=O) groups excluding carboxylic acids is 1. The second kappa shape index (κ2) is 3.30. The number of nitrogens with one attached hydrogen (secondary N) is 1. The fourth-order valence-corrected chi connectivity index (χ4v) is 1.16. The molecular formula is C10H17NO. The third-order valence-corrected chi connectivity index (χ3v) is 2.44. The molecule has 2 heteroatoms. The van der Waals surface area contributed by atoms with Crippen molar-refractivity contribution in [2.24, 2.45) is 0 Å². The van der Waals surface area contributed by atoms with E-state index in [4.69, 9.17) is 0 Å². The summed E-state index contributed by atoms with van der Waals surface area (Å²) in [5, 5.41) is 3.02. The van der Waals surface area contributed by atoms with E-state index in [-0.39, 0.29) is 11.4 Å². The van der Waals surface area contributed by atoms with Crippen molar-refractivity contribution < 1.29 is 4.79 Å². The van der Waals surface area contributed by atoms with Crippen LogP contribution in [0.2, 0.25) is 0 Å². The van der Waals surface area contributed by atoms with Crippen LogP contribution in [0.1, 0.15) is 40.0 Å². The van der Waals surface area contributed by atoms with E-state index in [0.29, 0.717) is 0 Å². The van der Waals surface area contributed by atoms with Crippen LogP contribution in [0.15, 0.2) is 11.6 Å². The minimum absolute atomic E-state index is 0.111. The lowest BCUT2D eigenvalue weighted by atomic mass is 10.1. The molecule has 1 amide bonds. The summed E-state index contributed by atoms with van der Waals surface area (Å²) in [5.74, 6) is 0.111. The second-order valence-corrected chi connectivity index (χ2v) is 3.68. The number of rotatable bonds is 3. The SMILES string of the molecule is C/C=C(\CC)C(=O)NC1(C)CC1. The third kappa shape index (κ3) is 2.10. The Kier molecular flexibility index (Phi) is 2.55. The molecule has 0 unspecified atom stereocenters. The van der Waals surface area contributed by atoms with Crippen molar-refractivity contribution in [3.63, 3.8) is 0 Å². The van der Waals surface area contributed by atoms with Gasteiger partial charge in [0.15, 0.2) is 0 Å². The smallest absolute Gasteiger partial charge is 0.247 e. The average Bonchev–Trinajstić information content (AvgIpc) is 2.70. The van der Waals surface area contributed by atoms with Gasteiger partial charge in [-0.2, -0.15) is 0 Å². The van der Waals surface area contributed by atoms with Crippen LogP contribution in [-0.4, -0.2) is 11.4 Å². The molecule has 1 aliphatic rings. The van der Waals surface area contributed by atoms with Gasteiger partial charge in [0.2, 0.25) is 5.91 Å². The lowest BCUT2D eigenvalue weighted by Gasteiger charge is -2.12. The summed E-state index contributed by atoms with van der Waals surface area (Å²) in [6.07, 6.45) is 4.96. The molecule has 1 rings (SSSR count). The topological polar surface area (TPSA) is 29.1 Å². The minimum atomic E-state index is 0.111. The molecule has 12 heavy (non-hydrogen) atoms. The average molecular weight is 167 g/mol. The van der Waals surface area contributed by atoms with Crippen molar-refractivity contribution in [1.29, 1.82) is 0 Å². The molecule has 0 aromatic rings. The van der Waals surface area contributed by atoms with Crippen LogP contribution in [0.3, 0.4) is 0 Å². The van der Waals surface area contributed by atoms with E-state index >= 15 is 0 Å². The van der Waals surface area contributed by atoms with Crippen LogP contribution >= 0.6 is 0 Å². The molecule has 1 aliphatic carbocycles. The highest BCUT2D eigenvalue weighted by Crippen LogP contribution is 2.34. The summed E-state index contributed by atoms with van der Waals surface area (Å²) in [6, 6.07) is 0. The van der Waals surface area contributed by atoms with E-state index in [1.54, 1.807) is 0 Å². The number of allylic oxidation sites excluding steroid dienone is 1. The molecule has 0 spiro atoms. The predicted octanol–water partition coefficient (Wildman–Crippen LogP) is 2.01. The highest BCUT2D eigenvalue weighted by molar-refractivity contribution is 5.93. The summed E-state index contributed by atoms with van der Waals surface area (Å²) in [7, 11) is 0. The zero-order chi connectivity index (χ0) is 9.19. The van der Waals surface area contributed by atoms with E-state index < -0.39 is 0 Å². The maximum absolute atomic E-state index is 11.5. The highest BCUT2D eigenvalue weighted by atomic mass is 16.1. The van der Waals surface area contributed by atoms with Gasteiger partial charge < -0.3 is 5.32 Å². The van der Waals surface area contributed by atoms with Crippen molar-refractivity contribution in [2.45, 2.75) is 45.6 Å². The lowest BCUT2D eigenvalue weighted by molar-refractivity contribution is -0.118. The summed E-state index contributed by atoms with van der Waals surface area (Å²) in [6.45, 7) is 6.01. The van der Waals surface area contributed by atoms with Gasteiger partial charge in [0.1, 0.15) is 0 Å². The van der Waals surface area contributed by atoms with Gasteiger partial charge in [0, 0.05) is 11.1 Å². The largest absolute Gasteiger partial charge is 0.347 e. The lowest BCUT2D eigenvalue weighted by Crippen LogP contribution is -2.35. The van der Waals surface area contributed by atoms with E-state index in [0.717, 1.165) is 24.8 Å². The van der Waals surface area contributed by atoms with Gasteiger partial charge >= 0.3 is 0 Å². The van der Waals surface area contributed by atoms with Crippen LogP contribution in [-0.2, 0) is 4.79 Å². The Hall–Kier alpha value is -0.790. The van der Waals surface area contributed by atoms with Crippen molar-refractivity contribution in [1.82, 2.24) is 5.32 Å². The molecule has 2 nitrogen and oxygen atoms in total. The van der Waals surface area contributed by atoms with E-state index in [9.17, 15) is 4.79 Å². The Labute approximate surface area is 74.0 Å². The van der Waals surface area contributed by atoms with Crippen LogP contribution in [0.4, 0.5) is 0 Å². The minimum Gasteiger partial charge on any atom is -0.347 e. The Bertz CT molecular complexity index is 214. The fourth-order valence-electron chi connectivity index (χ4n) is 1.16. The Morgan fingerprint density at radius 1 is 1.58 bits per heavy atom. The highest BCUT2D eigenvalue weighted by Gasteiger charge is 2.38. The van der Waals surface area contributed by atoms with Crippen LogP contribution < -0.4 is 5.32 Å². The molecule has 0 aromatic heterocycles. The molecule has 1 fully saturated rings. The van der Waals surface area contributed by atoms with Gasteiger partial charge in [-0.3, -0.25) is 4.79 Å². The molecule has 0 heterocycles. The molecule has 1 saturated carbocycles. The van der Waals surface area contributed by atoms with Crippen molar-refractivity contribution >= 4 is 5.91 Å². The van der Waals surface area contributed by atoms with E-state index in [1.807, 2.05) is 19.9 Å². The van der Waals surface area contributed by atoms with Gasteiger partial charge in [0.25, 0.3) is 0 Å². The molecule has 0 bridgehead atoms. The molecule has 0 aliphatic heterocycles. The first-order valence-corrected chi connectivity index (χ1v) is 4.59. The predicted molar refractivity (Wildman–Crippen MR) is 49.8 cm³/mol. The zero-order valence-electron chi connectivity index (χ0n) is 8.11. The van der Waals surface area contributed by atoms with Gasteiger partial charge in [-0.25, -0.2) is 0 Å². The van der Waals surface area contributed by atoms with E-state index in [1.165, 1.54) is 0 Å². The molecule has 0 radical (unpaired) electrons. The van der Waals surface area contributed by atoms with E-state index in [2.05, 4.69) is 12.2 Å². The molecule has 0 atom stereocenters. The normalized spacial score (nSPS) is 20.4. The maximum Gasteiger partial charge on any atom is 0.247 e. The maximum atomic E-state index is 11.5. The van der Waals surface area contributed by atoms with Crippen LogP contribution in [0.25, 0.3) is 0 Å². The third-order valence-electron chi connectivity index (χ3n) is 2.44. The summed E-state index contributed by atoms with van der Waals surface area (Å²) in [4.78, 5) is 11.5. The zero-order valence-corrected chi connectivity index (χ0v) is 8.11. The first kappa shape index (κ1) is 9.30. The number of hydrogen-bond acceptors (Lipinski definition) is 1. The Balaban J connectivity index is 2.47.